The smallest absolute Gasteiger partial charge is 0.354 e. The number of urea groups is 1. The summed E-state index contributed by atoms with van der Waals surface area (Å²) in [6, 6.07) is 2.66. The lowest BCUT2D eigenvalue weighted by Crippen LogP contribution is -2.34. The zero-order valence-electron chi connectivity index (χ0n) is 10.5. The lowest BCUT2D eigenvalue weighted by Gasteiger charge is -2.06. The Balaban J connectivity index is 1.76. The van der Waals surface area contributed by atoms with Crippen LogP contribution < -0.4 is 10.6 Å². The Morgan fingerprint density at radius 2 is 2.00 bits per heavy atom. The molecule has 0 spiro atoms. The Bertz CT molecular complexity index is 580. The largest absolute Gasteiger partial charge is 0.477 e. The topological polar surface area (TPSA) is 120 Å². The van der Waals surface area contributed by atoms with Crippen molar-refractivity contribution in [1.82, 2.24) is 25.6 Å². The van der Waals surface area contributed by atoms with E-state index in [-0.39, 0.29) is 18.3 Å². The van der Waals surface area contributed by atoms with Crippen LogP contribution in [0.5, 0.6) is 0 Å². The van der Waals surface area contributed by atoms with E-state index in [0.29, 0.717) is 12.1 Å². The Morgan fingerprint density at radius 1 is 1.20 bits per heavy atom. The van der Waals surface area contributed by atoms with Crippen molar-refractivity contribution < 1.29 is 14.7 Å². The fraction of sp³-hybridized carbons (Fsp3) is 0.167. The van der Waals surface area contributed by atoms with E-state index in [1.165, 1.54) is 18.6 Å². The first-order valence-electron chi connectivity index (χ1n) is 5.82. The summed E-state index contributed by atoms with van der Waals surface area (Å²) < 4.78 is 0. The monoisotopic (exact) mass is 275 g/mol. The van der Waals surface area contributed by atoms with Crippen molar-refractivity contribution in [3.63, 3.8) is 0 Å². The second kappa shape index (κ2) is 6.32. The minimum Gasteiger partial charge on any atom is -0.477 e. The summed E-state index contributed by atoms with van der Waals surface area (Å²) in [5.41, 5.74) is 1.48. The second-order valence-electron chi connectivity index (χ2n) is 3.97. The molecular weight excluding hydrogens is 262 g/mol. The van der Waals surface area contributed by atoms with Gasteiger partial charge in [0.1, 0.15) is 5.69 Å². The first-order valence-corrected chi connectivity index (χ1v) is 5.82. The molecule has 0 aliphatic carbocycles. The molecule has 4 N–H and O–H groups in total. The zero-order chi connectivity index (χ0) is 14.4. The van der Waals surface area contributed by atoms with Crippen LogP contribution >= 0.6 is 0 Å². The molecule has 8 nitrogen and oxygen atoms in total. The molecule has 0 bridgehead atoms. The predicted octanol–water partition coefficient (Wildman–Crippen LogP) is 0.502. The molecule has 8 heteroatoms. The number of nitrogens with zero attached hydrogens (tertiary/aromatic N) is 2. The molecule has 0 radical (unpaired) electrons. The molecule has 2 aromatic rings. The van der Waals surface area contributed by atoms with Gasteiger partial charge >= 0.3 is 12.0 Å². The van der Waals surface area contributed by atoms with Crippen LogP contribution in [0.2, 0.25) is 0 Å². The SMILES string of the molecule is O=C(NCc1ccc(C(=O)O)nc1)NCc1cnc[nH]1. The standard InChI is InChI=1S/C12H13N5O3/c18-11(19)10-2-1-8(3-14-10)4-15-12(20)16-6-9-5-13-7-17-9/h1-3,5,7H,4,6H2,(H,13,17)(H,18,19)(H2,15,16,20). The van der Waals surface area contributed by atoms with Gasteiger partial charge in [-0.05, 0) is 11.6 Å². The number of carbonyl (C=O) groups is 2. The summed E-state index contributed by atoms with van der Waals surface area (Å²) in [5, 5.41) is 14.0. The fourth-order valence-corrected chi connectivity index (χ4v) is 1.46. The number of aromatic carboxylic acids is 1. The summed E-state index contributed by atoms with van der Waals surface area (Å²) in [7, 11) is 0. The zero-order valence-corrected chi connectivity index (χ0v) is 10.5. The van der Waals surface area contributed by atoms with Gasteiger partial charge in [-0.3, -0.25) is 0 Å². The van der Waals surface area contributed by atoms with Crippen molar-refractivity contribution in [2.24, 2.45) is 0 Å². The number of aromatic nitrogens is 3. The van der Waals surface area contributed by atoms with Crippen molar-refractivity contribution >= 4 is 12.0 Å². The van der Waals surface area contributed by atoms with E-state index in [2.05, 4.69) is 25.6 Å². The van der Waals surface area contributed by atoms with Crippen LogP contribution in [-0.4, -0.2) is 32.1 Å². The molecule has 0 unspecified atom stereocenters. The number of rotatable bonds is 5. The van der Waals surface area contributed by atoms with E-state index in [9.17, 15) is 9.59 Å². The van der Waals surface area contributed by atoms with Crippen LogP contribution in [-0.2, 0) is 13.1 Å². The van der Waals surface area contributed by atoms with Gasteiger partial charge in [-0.15, -0.1) is 0 Å². The molecule has 2 aromatic heterocycles. The molecule has 0 aliphatic rings. The highest BCUT2D eigenvalue weighted by atomic mass is 16.4. The van der Waals surface area contributed by atoms with Crippen molar-refractivity contribution in [2.45, 2.75) is 13.1 Å². The summed E-state index contributed by atoms with van der Waals surface area (Å²) in [6.07, 6.45) is 4.57. The van der Waals surface area contributed by atoms with E-state index >= 15 is 0 Å². The molecule has 2 amide bonds. The van der Waals surface area contributed by atoms with Crippen LogP contribution in [0.4, 0.5) is 4.79 Å². The number of nitrogens with one attached hydrogen (secondary N) is 3. The lowest BCUT2D eigenvalue weighted by atomic mass is 10.2. The second-order valence-corrected chi connectivity index (χ2v) is 3.97. The molecule has 2 rings (SSSR count). The molecule has 104 valence electrons. The van der Waals surface area contributed by atoms with Gasteiger partial charge < -0.3 is 20.7 Å². The number of hydrogen-bond acceptors (Lipinski definition) is 4. The van der Waals surface area contributed by atoms with E-state index < -0.39 is 5.97 Å². The molecular formula is C12H13N5O3. The predicted molar refractivity (Wildman–Crippen MR) is 68.9 cm³/mol. The van der Waals surface area contributed by atoms with Crippen LogP contribution in [0.25, 0.3) is 0 Å². The fourth-order valence-electron chi connectivity index (χ4n) is 1.46. The number of amides is 2. The number of carbonyl (C=O) groups excluding carboxylic acids is 1. The van der Waals surface area contributed by atoms with Crippen LogP contribution in [0.1, 0.15) is 21.7 Å². The molecule has 2 heterocycles. The Kier molecular flexibility index (Phi) is 4.28. The van der Waals surface area contributed by atoms with Crippen LogP contribution in [0, 0.1) is 0 Å². The number of hydrogen-bond donors (Lipinski definition) is 4. The summed E-state index contributed by atoms with van der Waals surface area (Å²) in [4.78, 5) is 32.6. The van der Waals surface area contributed by atoms with Gasteiger partial charge in [-0.25, -0.2) is 19.6 Å². The maximum absolute atomic E-state index is 11.5. The number of pyridine rings is 1. The minimum atomic E-state index is -1.08. The highest BCUT2D eigenvalue weighted by Gasteiger charge is 2.05. The third kappa shape index (κ3) is 3.80. The maximum Gasteiger partial charge on any atom is 0.354 e. The number of carboxylic acids is 1. The van der Waals surface area contributed by atoms with E-state index in [0.717, 1.165) is 5.69 Å². The molecule has 0 aliphatic heterocycles. The first-order chi connectivity index (χ1) is 9.65. The molecule has 0 fully saturated rings. The van der Waals surface area contributed by atoms with Gasteiger partial charge in [-0.2, -0.15) is 0 Å². The number of aromatic amines is 1. The van der Waals surface area contributed by atoms with Gasteiger partial charge in [0, 0.05) is 18.9 Å². The quantitative estimate of drug-likeness (QED) is 0.633. The molecule has 0 saturated carbocycles. The van der Waals surface area contributed by atoms with E-state index in [4.69, 9.17) is 5.11 Å². The Morgan fingerprint density at radius 3 is 2.60 bits per heavy atom. The third-order valence-corrected chi connectivity index (χ3v) is 2.49. The van der Waals surface area contributed by atoms with Crippen LogP contribution in [0.3, 0.4) is 0 Å². The normalized spacial score (nSPS) is 10.0. The molecule has 0 aromatic carbocycles. The summed E-state index contributed by atoms with van der Waals surface area (Å²) in [6.45, 7) is 0.615. The molecule has 20 heavy (non-hydrogen) atoms. The summed E-state index contributed by atoms with van der Waals surface area (Å²) in [5.74, 6) is -1.08. The highest BCUT2D eigenvalue weighted by molar-refractivity contribution is 5.85. The molecule has 0 atom stereocenters. The maximum atomic E-state index is 11.5. The van der Waals surface area contributed by atoms with Gasteiger partial charge in [0.25, 0.3) is 0 Å². The minimum absolute atomic E-state index is 0.0301. The van der Waals surface area contributed by atoms with E-state index in [1.54, 1.807) is 12.3 Å². The number of H-pyrrole nitrogens is 1. The van der Waals surface area contributed by atoms with Crippen molar-refractivity contribution in [1.29, 1.82) is 0 Å². The average Bonchev–Trinajstić information content (AvgIpc) is 2.96. The third-order valence-electron chi connectivity index (χ3n) is 2.49. The van der Waals surface area contributed by atoms with Crippen molar-refractivity contribution in [3.05, 3.63) is 47.8 Å². The van der Waals surface area contributed by atoms with Crippen molar-refractivity contribution in [3.8, 4) is 0 Å². The molecule has 0 saturated heterocycles. The van der Waals surface area contributed by atoms with Crippen LogP contribution in [0.15, 0.2) is 30.9 Å². The average molecular weight is 275 g/mol. The highest BCUT2D eigenvalue weighted by Crippen LogP contribution is 2.00. The van der Waals surface area contributed by atoms with Gasteiger partial charge in [0.05, 0.1) is 18.6 Å². The van der Waals surface area contributed by atoms with Gasteiger partial charge in [-0.1, -0.05) is 6.07 Å². The van der Waals surface area contributed by atoms with Crippen molar-refractivity contribution in [2.75, 3.05) is 0 Å². The summed E-state index contributed by atoms with van der Waals surface area (Å²) >= 11 is 0. The number of imidazole rings is 1. The van der Waals surface area contributed by atoms with Gasteiger partial charge in [0.15, 0.2) is 0 Å². The Labute approximate surface area is 114 Å². The Hall–Kier alpha value is -2.90. The van der Waals surface area contributed by atoms with Gasteiger partial charge in [0.2, 0.25) is 0 Å². The number of carboxylic acid groups (broad SMARTS) is 1. The first kappa shape index (κ1) is 13.5. The lowest BCUT2D eigenvalue weighted by molar-refractivity contribution is 0.0690. The van der Waals surface area contributed by atoms with E-state index in [1.807, 2.05) is 0 Å².